The van der Waals surface area contributed by atoms with Crippen LogP contribution in [0, 0.1) is 6.92 Å². The zero-order valence-corrected chi connectivity index (χ0v) is 10.3. The molecule has 1 aliphatic heterocycles. The normalized spacial score (nSPS) is 13.5. The molecule has 90 valence electrons. The highest BCUT2D eigenvalue weighted by Crippen LogP contribution is 2.36. The first kappa shape index (κ1) is 10.9. The van der Waals surface area contributed by atoms with E-state index in [1.807, 2.05) is 19.1 Å². The van der Waals surface area contributed by atoms with E-state index < -0.39 is 0 Å². The van der Waals surface area contributed by atoms with Crippen molar-refractivity contribution in [3.8, 4) is 5.75 Å². The van der Waals surface area contributed by atoms with Crippen LogP contribution in [0.2, 0.25) is 0 Å². The van der Waals surface area contributed by atoms with Crippen molar-refractivity contribution in [1.82, 2.24) is 0 Å². The Morgan fingerprint density at radius 2 is 1.89 bits per heavy atom. The predicted molar refractivity (Wildman–Crippen MR) is 74.6 cm³/mol. The summed E-state index contributed by atoms with van der Waals surface area (Å²) in [6.07, 6.45) is 2.12. The Morgan fingerprint density at radius 3 is 2.67 bits per heavy atom. The minimum absolute atomic E-state index is 0.597. The van der Waals surface area contributed by atoms with Crippen molar-refractivity contribution in [1.29, 1.82) is 0 Å². The standard InChI is InChI=1S/C16H15NO/c1-11-9-14-13(12-5-3-2-4-6-12)7-8-18-16(14)10-15(11)17/h2-7,9-10H,8,17H2,1H3. The third-order valence-corrected chi connectivity index (χ3v) is 3.27. The molecule has 0 unspecified atom stereocenters. The lowest BCUT2D eigenvalue weighted by atomic mass is 9.94. The van der Waals surface area contributed by atoms with Crippen LogP contribution in [-0.4, -0.2) is 6.61 Å². The molecule has 0 bridgehead atoms. The average Bonchev–Trinajstić information content (AvgIpc) is 2.40. The molecule has 2 heteroatoms. The Morgan fingerprint density at radius 1 is 1.11 bits per heavy atom. The van der Waals surface area contributed by atoms with E-state index in [1.165, 1.54) is 11.1 Å². The van der Waals surface area contributed by atoms with Crippen LogP contribution in [0.15, 0.2) is 48.5 Å². The molecule has 0 aliphatic carbocycles. The van der Waals surface area contributed by atoms with E-state index in [1.54, 1.807) is 0 Å². The van der Waals surface area contributed by atoms with E-state index in [0.29, 0.717) is 6.61 Å². The predicted octanol–water partition coefficient (Wildman–Crippen LogP) is 3.40. The van der Waals surface area contributed by atoms with Gasteiger partial charge in [0.1, 0.15) is 12.4 Å². The summed E-state index contributed by atoms with van der Waals surface area (Å²) < 4.78 is 5.65. The highest BCUT2D eigenvalue weighted by Gasteiger charge is 2.16. The second kappa shape index (κ2) is 4.22. The summed E-state index contributed by atoms with van der Waals surface area (Å²) in [5.41, 5.74) is 11.4. The minimum Gasteiger partial charge on any atom is -0.489 e. The maximum Gasteiger partial charge on any atom is 0.129 e. The van der Waals surface area contributed by atoms with Crippen LogP contribution >= 0.6 is 0 Å². The molecular formula is C16H15NO. The van der Waals surface area contributed by atoms with Crippen molar-refractivity contribution in [3.63, 3.8) is 0 Å². The maximum absolute atomic E-state index is 5.93. The Kier molecular flexibility index (Phi) is 2.56. The number of ether oxygens (including phenoxy) is 1. The number of aryl methyl sites for hydroxylation is 1. The van der Waals surface area contributed by atoms with E-state index in [-0.39, 0.29) is 0 Å². The van der Waals surface area contributed by atoms with Gasteiger partial charge < -0.3 is 10.5 Å². The van der Waals surface area contributed by atoms with Gasteiger partial charge in [-0.05, 0) is 35.8 Å². The first-order chi connectivity index (χ1) is 8.75. The molecule has 0 fully saturated rings. The molecule has 0 aromatic heterocycles. The van der Waals surface area contributed by atoms with E-state index >= 15 is 0 Å². The quantitative estimate of drug-likeness (QED) is 0.771. The van der Waals surface area contributed by atoms with Crippen LogP contribution < -0.4 is 10.5 Å². The van der Waals surface area contributed by atoms with Gasteiger partial charge in [-0.25, -0.2) is 0 Å². The Labute approximate surface area is 107 Å². The SMILES string of the molecule is Cc1cc2c(cc1N)OCC=C2c1ccccc1. The Bertz CT molecular complexity index is 614. The van der Waals surface area contributed by atoms with Crippen LogP contribution in [-0.2, 0) is 0 Å². The fraction of sp³-hybridized carbons (Fsp3) is 0.125. The summed E-state index contributed by atoms with van der Waals surface area (Å²) in [5, 5.41) is 0. The number of rotatable bonds is 1. The summed E-state index contributed by atoms with van der Waals surface area (Å²) in [5.74, 6) is 0.874. The summed E-state index contributed by atoms with van der Waals surface area (Å²) in [4.78, 5) is 0. The molecule has 2 N–H and O–H groups in total. The van der Waals surface area contributed by atoms with Gasteiger partial charge in [-0.1, -0.05) is 30.3 Å². The van der Waals surface area contributed by atoms with Gasteiger partial charge in [0.15, 0.2) is 0 Å². The monoisotopic (exact) mass is 237 g/mol. The molecule has 18 heavy (non-hydrogen) atoms. The van der Waals surface area contributed by atoms with Gasteiger partial charge in [-0.2, -0.15) is 0 Å². The molecule has 0 spiro atoms. The third-order valence-electron chi connectivity index (χ3n) is 3.27. The number of fused-ring (bicyclic) bond motifs is 1. The highest BCUT2D eigenvalue weighted by atomic mass is 16.5. The molecule has 1 heterocycles. The van der Waals surface area contributed by atoms with Gasteiger partial charge >= 0.3 is 0 Å². The van der Waals surface area contributed by atoms with Crippen molar-refractivity contribution >= 4 is 11.3 Å². The molecule has 0 atom stereocenters. The Balaban J connectivity index is 2.16. The van der Waals surface area contributed by atoms with E-state index in [2.05, 4.69) is 36.4 Å². The number of nitrogen functional groups attached to an aromatic ring is 1. The fourth-order valence-electron chi connectivity index (χ4n) is 2.25. The first-order valence-electron chi connectivity index (χ1n) is 6.04. The van der Waals surface area contributed by atoms with Gasteiger partial charge in [0.2, 0.25) is 0 Å². The number of hydrogen-bond donors (Lipinski definition) is 1. The summed E-state index contributed by atoms with van der Waals surface area (Å²) in [7, 11) is 0. The topological polar surface area (TPSA) is 35.2 Å². The number of anilines is 1. The number of nitrogens with two attached hydrogens (primary N) is 1. The van der Waals surface area contributed by atoms with E-state index in [4.69, 9.17) is 10.5 Å². The fourth-order valence-corrected chi connectivity index (χ4v) is 2.25. The van der Waals surface area contributed by atoms with Crippen molar-refractivity contribution in [2.75, 3.05) is 12.3 Å². The van der Waals surface area contributed by atoms with Crippen molar-refractivity contribution in [2.45, 2.75) is 6.92 Å². The lowest BCUT2D eigenvalue weighted by molar-refractivity contribution is 0.357. The summed E-state index contributed by atoms with van der Waals surface area (Å²) >= 11 is 0. The Hall–Kier alpha value is -2.22. The van der Waals surface area contributed by atoms with Crippen LogP contribution in [0.5, 0.6) is 5.75 Å². The molecule has 3 rings (SSSR count). The molecule has 0 radical (unpaired) electrons. The molecule has 0 saturated heterocycles. The molecular weight excluding hydrogens is 222 g/mol. The summed E-state index contributed by atoms with van der Waals surface area (Å²) in [6, 6.07) is 14.4. The lowest BCUT2D eigenvalue weighted by Crippen LogP contribution is -2.07. The maximum atomic E-state index is 5.93. The molecule has 0 amide bonds. The molecule has 2 aromatic carbocycles. The van der Waals surface area contributed by atoms with Crippen LogP contribution in [0.25, 0.3) is 5.57 Å². The van der Waals surface area contributed by atoms with Gasteiger partial charge in [-0.3, -0.25) is 0 Å². The van der Waals surface area contributed by atoms with Gasteiger partial charge in [0.05, 0.1) is 0 Å². The van der Waals surface area contributed by atoms with Crippen LogP contribution in [0.3, 0.4) is 0 Å². The molecule has 0 saturated carbocycles. The molecule has 1 aliphatic rings. The summed E-state index contributed by atoms with van der Waals surface area (Å²) in [6.45, 7) is 2.62. The van der Waals surface area contributed by atoms with Crippen molar-refractivity contribution in [3.05, 3.63) is 65.2 Å². The van der Waals surface area contributed by atoms with Gasteiger partial charge in [0.25, 0.3) is 0 Å². The van der Waals surface area contributed by atoms with Crippen LogP contribution in [0.4, 0.5) is 5.69 Å². The number of hydrogen-bond acceptors (Lipinski definition) is 2. The zero-order valence-electron chi connectivity index (χ0n) is 10.3. The van der Waals surface area contributed by atoms with E-state index in [9.17, 15) is 0 Å². The second-order valence-electron chi connectivity index (χ2n) is 4.50. The largest absolute Gasteiger partial charge is 0.489 e. The van der Waals surface area contributed by atoms with Gasteiger partial charge in [-0.15, -0.1) is 0 Å². The lowest BCUT2D eigenvalue weighted by Gasteiger charge is -2.20. The number of benzene rings is 2. The first-order valence-corrected chi connectivity index (χ1v) is 6.04. The van der Waals surface area contributed by atoms with Crippen molar-refractivity contribution in [2.24, 2.45) is 0 Å². The minimum atomic E-state index is 0.597. The van der Waals surface area contributed by atoms with E-state index in [0.717, 1.165) is 22.6 Å². The molecule has 2 aromatic rings. The molecule has 2 nitrogen and oxygen atoms in total. The second-order valence-corrected chi connectivity index (χ2v) is 4.50. The average molecular weight is 237 g/mol. The van der Waals surface area contributed by atoms with Crippen LogP contribution in [0.1, 0.15) is 16.7 Å². The zero-order chi connectivity index (χ0) is 12.5. The highest BCUT2D eigenvalue weighted by molar-refractivity contribution is 5.85. The third kappa shape index (κ3) is 1.76. The van der Waals surface area contributed by atoms with Crippen molar-refractivity contribution < 1.29 is 4.74 Å². The smallest absolute Gasteiger partial charge is 0.129 e. The van der Waals surface area contributed by atoms with Gasteiger partial charge in [0, 0.05) is 17.3 Å².